The van der Waals surface area contributed by atoms with E-state index in [-0.39, 0.29) is 5.91 Å². The van der Waals surface area contributed by atoms with Crippen molar-refractivity contribution in [2.45, 2.75) is 6.04 Å². The van der Waals surface area contributed by atoms with Crippen molar-refractivity contribution in [1.82, 2.24) is 15.2 Å². The highest BCUT2D eigenvalue weighted by Gasteiger charge is 2.23. The molecule has 0 saturated carbocycles. The first-order chi connectivity index (χ1) is 9.81. The zero-order valence-corrected chi connectivity index (χ0v) is 10.7. The molecule has 1 aromatic heterocycles. The summed E-state index contributed by atoms with van der Waals surface area (Å²) >= 11 is 0. The number of nitrogens with one attached hydrogen (secondary N) is 1. The van der Waals surface area contributed by atoms with Gasteiger partial charge in [-0.3, -0.25) is 10.2 Å². The molecule has 20 heavy (non-hydrogen) atoms. The number of para-hydroxylation sites is 1. The van der Waals surface area contributed by atoms with Crippen LogP contribution in [0.1, 0.15) is 11.6 Å². The van der Waals surface area contributed by atoms with Gasteiger partial charge in [-0.1, -0.05) is 48.5 Å². The van der Waals surface area contributed by atoms with E-state index < -0.39 is 6.04 Å². The summed E-state index contributed by atoms with van der Waals surface area (Å²) in [6.07, 6.45) is 1.75. The number of amides is 1. The van der Waals surface area contributed by atoms with Gasteiger partial charge in [-0.15, -0.1) is 0 Å². The Morgan fingerprint density at radius 1 is 1.10 bits per heavy atom. The lowest BCUT2D eigenvalue weighted by molar-refractivity contribution is -0.123. The second kappa shape index (κ2) is 5.14. The molecule has 5 nitrogen and oxygen atoms in total. The van der Waals surface area contributed by atoms with Gasteiger partial charge < -0.3 is 0 Å². The average molecular weight is 266 g/mol. The highest BCUT2D eigenvalue weighted by Crippen LogP contribution is 2.23. The van der Waals surface area contributed by atoms with Gasteiger partial charge in [0, 0.05) is 5.39 Å². The largest absolute Gasteiger partial charge is 0.292 e. The molecule has 2 aromatic carbocycles. The summed E-state index contributed by atoms with van der Waals surface area (Å²) < 4.78 is 1.69. The fourth-order valence-corrected chi connectivity index (χ4v) is 2.32. The minimum absolute atomic E-state index is 0.301. The summed E-state index contributed by atoms with van der Waals surface area (Å²) in [6.45, 7) is 0. The van der Waals surface area contributed by atoms with Crippen molar-refractivity contribution in [2.75, 3.05) is 0 Å². The van der Waals surface area contributed by atoms with E-state index in [2.05, 4.69) is 10.5 Å². The number of carbonyl (C=O) groups is 1. The van der Waals surface area contributed by atoms with E-state index in [0.29, 0.717) is 0 Å². The first-order valence-electron chi connectivity index (χ1n) is 6.29. The average Bonchev–Trinajstić information content (AvgIpc) is 2.92. The summed E-state index contributed by atoms with van der Waals surface area (Å²) in [5.74, 6) is 5.02. The van der Waals surface area contributed by atoms with E-state index >= 15 is 0 Å². The van der Waals surface area contributed by atoms with Crippen LogP contribution in [-0.2, 0) is 4.79 Å². The third kappa shape index (κ3) is 2.04. The smallest absolute Gasteiger partial charge is 0.263 e. The SMILES string of the molecule is NNC(=O)C(c1ccccc1)n1ncc2ccccc21. The normalized spacial score (nSPS) is 12.2. The van der Waals surface area contributed by atoms with Gasteiger partial charge in [-0.05, 0) is 11.6 Å². The number of nitrogens with zero attached hydrogens (tertiary/aromatic N) is 2. The van der Waals surface area contributed by atoms with Crippen LogP contribution >= 0.6 is 0 Å². The number of benzene rings is 2. The van der Waals surface area contributed by atoms with E-state index in [1.807, 2.05) is 54.6 Å². The molecule has 1 heterocycles. The minimum atomic E-state index is -0.582. The van der Waals surface area contributed by atoms with Gasteiger partial charge in [0.05, 0.1) is 11.7 Å². The molecule has 1 atom stereocenters. The van der Waals surface area contributed by atoms with Crippen LogP contribution in [0.2, 0.25) is 0 Å². The maximum atomic E-state index is 12.2. The van der Waals surface area contributed by atoms with Crippen LogP contribution in [0.5, 0.6) is 0 Å². The minimum Gasteiger partial charge on any atom is -0.292 e. The molecule has 1 amide bonds. The van der Waals surface area contributed by atoms with E-state index in [1.54, 1.807) is 10.9 Å². The molecule has 3 N–H and O–H groups in total. The topological polar surface area (TPSA) is 72.9 Å². The molecule has 0 radical (unpaired) electrons. The molecule has 3 aromatic rings. The van der Waals surface area contributed by atoms with Crippen molar-refractivity contribution in [3.63, 3.8) is 0 Å². The predicted octanol–water partition coefficient (Wildman–Crippen LogP) is 1.62. The quantitative estimate of drug-likeness (QED) is 0.430. The molecule has 0 aliphatic rings. The maximum Gasteiger partial charge on any atom is 0.263 e. The monoisotopic (exact) mass is 266 g/mol. The number of fused-ring (bicyclic) bond motifs is 1. The summed E-state index contributed by atoms with van der Waals surface area (Å²) in [4.78, 5) is 12.2. The molecule has 0 aliphatic heterocycles. The molecule has 100 valence electrons. The molecule has 0 spiro atoms. The third-order valence-electron chi connectivity index (χ3n) is 3.26. The molecule has 0 aliphatic carbocycles. The summed E-state index contributed by atoms with van der Waals surface area (Å²) in [6, 6.07) is 16.6. The Labute approximate surface area is 116 Å². The number of rotatable bonds is 3. The second-order valence-electron chi connectivity index (χ2n) is 4.47. The highest BCUT2D eigenvalue weighted by atomic mass is 16.2. The number of carbonyl (C=O) groups excluding carboxylic acids is 1. The van der Waals surface area contributed by atoms with E-state index in [0.717, 1.165) is 16.5 Å². The van der Waals surface area contributed by atoms with Crippen molar-refractivity contribution in [3.8, 4) is 0 Å². The standard InChI is InChI=1S/C15H14N4O/c16-18-15(20)14(11-6-2-1-3-7-11)19-13-9-5-4-8-12(13)10-17-19/h1-10,14H,16H2,(H,18,20). The van der Waals surface area contributed by atoms with Crippen molar-refractivity contribution in [2.24, 2.45) is 5.84 Å². The van der Waals surface area contributed by atoms with Crippen LogP contribution < -0.4 is 11.3 Å². The van der Waals surface area contributed by atoms with E-state index in [4.69, 9.17) is 5.84 Å². The van der Waals surface area contributed by atoms with Crippen molar-refractivity contribution < 1.29 is 4.79 Å². The second-order valence-corrected chi connectivity index (χ2v) is 4.47. The molecule has 0 fully saturated rings. The summed E-state index contributed by atoms with van der Waals surface area (Å²) in [5, 5.41) is 5.33. The lowest BCUT2D eigenvalue weighted by atomic mass is 10.1. The highest BCUT2D eigenvalue weighted by molar-refractivity contribution is 5.86. The molecule has 0 saturated heterocycles. The molecule has 5 heteroatoms. The number of hydrazine groups is 1. The molecule has 3 rings (SSSR count). The van der Waals surface area contributed by atoms with E-state index in [1.165, 1.54) is 0 Å². The van der Waals surface area contributed by atoms with Gasteiger partial charge in [0.2, 0.25) is 0 Å². The van der Waals surface area contributed by atoms with Gasteiger partial charge in [0.1, 0.15) is 0 Å². The Balaban J connectivity index is 2.17. The molecule has 0 bridgehead atoms. The van der Waals surface area contributed by atoms with Crippen LogP contribution in [0.25, 0.3) is 10.9 Å². The fourth-order valence-electron chi connectivity index (χ4n) is 2.32. The third-order valence-corrected chi connectivity index (χ3v) is 3.26. The fraction of sp³-hybridized carbons (Fsp3) is 0.0667. The lowest BCUT2D eigenvalue weighted by Gasteiger charge is -2.17. The Hall–Kier alpha value is -2.66. The summed E-state index contributed by atoms with van der Waals surface area (Å²) in [5.41, 5.74) is 3.95. The first-order valence-corrected chi connectivity index (χ1v) is 6.29. The van der Waals surface area contributed by atoms with Crippen molar-refractivity contribution in [3.05, 3.63) is 66.4 Å². The number of hydrogen-bond acceptors (Lipinski definition) is 3. The Morgan fingerprint density at radius 2 is 1.80 bits per heavy atom. The lowest BCUT2D eigenvalue weighted by Crippen LogP contribution is -2.38. The predicted molar refractivity (Wildman–Crippen MR) is 76.6 cm³/mol. The Kier molecular flexibility index (Phi) is 3.18. The van der Waals surface area contributed by atoms with Gasteiger partial charge in [-0.2, -0.15) is 5.10 Å². The molecular formula is C15H14N4O. The van der Waals surface area contributed by atoms with Gasteiger partial charge in [0.25, 0.3) is 5.91 Å². The maximum absolute atomic E-state index is 12.2. The van der Waals surface area contributed by atoms with Crippen molar-refractivity contribution >= 4 is 16.8 Å². The van der Waals surface area contributed by atoms with Crippen LogP contribution in [-0.4, -0.2) is 15.7 Å². The van der Waals surface area contributed by atoms with Crippen LogP contribution in [0, 0.1) is 0 Å². The first kappa shape index (κ1) is 12.4. The van der Waals surface area contributed by atoms with Gasteiger partial charge >= 0.3 is 0 Å². The molecule has 1 unspecified atom stereocenters. The van der Waals surface area contributed by atoms with Crippen LogP contribution in [0.4, 0.5) is 0 Å². The number of nitrogens with two attached hydrogens (primary N) is 1. The van der Waals surface area contributed by atoms with Gasteiger partial charge in [0.15, 0.2) is 6.04 Å². The Morgan fingerprint density at radius 3 is 2.55 bits per heavy atom. The molecular weight excluding hydrogens is 252 g/mol. The summed E-state index contributed by atoms with van der Waals surface area (Å²) in [7, 11) is 0. The number of aromatic nitrogens is 2. The number of hydrogen-bond donors (Lipinski definition) is 2. The van der Waals surface area contributed by atoms with Gasteiger partial charge in [-0.25, -0.2) is 10.5 Å². The van der Waals surface area contributed by atoms with E-state index in [9.17, 15) is 4.79 Å². The zero-order chi connectivity index (χ0) is 13.9. The van der Waals surface area contributed by atoms with Crippen LogP contribution in [0.3, 0.4) is 0 Å². The Bertz CT molecular complexity index is 736. The van der Waals surface area contributed by atoms with Crippen LogP contribution in [0.15, 0.2) is 60.8 Å². The zero-order valence-electron chi connectivity index (χ0n) is 10.7. The van der Waals surface area contributed by atoms with Crippen molar-refractivity contribution in [1.29, 1.82) is 0 Å².